The van der Waals surface area contributed by atoms with Crippen LogP contribution in [0.4, 0.5) is 0 Å². The number of pyridine rings is 1. The summed E-state index contributed by atoms with van der Waals surface area (Å²) in [4.78, 5) is 15.4. The Labute approximate surface area is 95.8 Å². The molecule has 0 saturated heterocycles. The van der Waals surface area contributed by atoms with Crippen molar-refractivity contribution in [1.82, 2.24) is 4.98 Å². The standard InChI is InChI=1S/C12H18N2O2/c1-12(2,3)16-11(15)8-10(13)9-4-6-14-7-5-9/h4-7,10H,8,13H2,1-3H3/t10-/m0/s1. The summed E-state index contributed by atoms with van der Waals surface area (Å²) in [5, 5.41) is 0. The van der Waals surface area contributed by atoms with Gasteiger partial charge < -0.3 is 10.5 Å². The second-order valence-electron chi connectivity index (χ2n) is 4.68. The Kier molecular flexibility index (Phi) is 4.01. The lowest BCUT2D eigenvalue weighted by atomic mass is 10.1. The van der Waals surface area contributed by atoms with Gasteiger partial charge in [0.15, 0.2) is 0 Å². The molecule has 1 heterocycles. The maximum atomic E-state index is 11.5. The molecule has 2 N–H and O–H groups in total. The third-order valence-corrected chi connectivity index (χ3v) is 1.94. The summed E-state index contributed by atoms with van der Waals surface area (Å²) in [6, 6.07) is 3.27. The van der Waals surface area contributed by atoms with Crippen LogP contribution in [0.5, 0.6) is 0 Å². The highest BCUT2D eigenvalue weighted by Crippen LogP contribution is 2.16. The molecule has 1 atom stereocenters. The largest absolute Gasteiger partial charge is 0.460 e. The van der Waals surface area contributed by atoms with Gasteiger partial charge in [-0.1, -0.05) is 0 Å². The molecule has 1 aromatic heterocycles. The second kappa shape index (κ2) is 5.07. The molecule has 0 aliphatic heterocycles. The summed E-state index contributed by atoms with van der Waals surface area (Å²) in [7, 11) is 0. The highest BCUT2D eigenvalue weighted by atomic mass is 16.6. The van der Waals surface area contributed by atoms with Crippen LogP contribution in [0.2, 0.25) is 0 Å². The number of esters is 1. The fourth-order valence-corrected chi connectivity index (χ4v) is 1.29. The molecule has 0 aromatic carbocycles. The van der Waals surface area contributed by atoms with E-state index in [0.29, 0.717) is 0 Å². The number of hydrogen-bond donors (Lipinski definition) is 1. The summed E-state index contributed by atoms with van der Waals surface area (Å²) in [5.41, 5.74) is 6.31. The Balaban J connectivity index is 2.52. The molecule has 0 bridgehead atoms. The van der Waals surface area contributed by atoms with Crippen LogP contribution in [0.25, 0.3) is 0 Å². The smallest absolute Gasteiger partial charge is 0.308 e. The quantitative estimate of drug-likeness (QED) is 0.792. The minimum Gasteiger partial charge on any atom is -0.460 e. The number of aromatic nitrogens is 1. The van der Waals surface area contributed by atoms with Crippen molar-refractivity contribution in [3.63, 3.8) is 0 Å². The molecule has 0 unspecified atom stereocenters. The van der Waals surface area contributed by atoms with Gasteiger partial charge in [0.05, 0.1) is 6.42 Å². The Morgan fingerprint density at radius 3 is 2.50 bits per heavy atom. The van der Waals surface area contributed by atoms with Crippen LogP contribution in [0.1, 0.15) is 38.8 Å². The molecule has 0 aliphatic rings. The van der Waals surface area contributed by atoms with Gasteiger partial charge in [-0.3, -0.25) is 9.78 Å². The Hall–Kier alpha value is -1.42. The first-order valence-corrected chi connectivity index (χ1v) is 5.26. The van der Waals surface area contributed by atoms with Crippen LogP contribution in [-0.4, -0.2) is 16.6 Å². The lowest BCUT2D eigenvalue weighted by Crippen LogP contribution is -2.26. The molecule has 4 nitrogen and oxygen atoms in total. The number of carbonyl (C=O) groups excluding carboxylic acids is 1. The molecule has 16 heavy (non-hydrogen) atoms. The minimum atomic E-state index is -0.463. The predicted octanol–water partition coefficient (Wildman–Crippen LogP) is 1.81. The van der Waals surface area contributed by atoms with E-state index in [0.717, 1.165) is 5.56 Å². The van der Waals surface area contributed by atoms with Crippen LogP contribution in [0.3, 0.4) is 0 Å². The third kappa shape index (κ3) is 4.40. The van der Waals surface area contributed by atoms with E-state index in [1.165, 1.54) is 0 Å². The van der Waals surface area contributed by atoms with Crippen molar-refractivity contribution in [3.8, 4) is 0 Å². The summed E-state index contributed by atoms with van der Waals surface area (Å²) in [5.74, 6) is -0.281. The van der Waals surface area contributed by atoms with Crippen LogP contribution in [0.15, 0.2) is 24.5 Å². The van der Waals surface area contributed by atoms with Crippen molar-refractivity contribution in [2.45, 2.75) is 38.8 Å². The molecular formula is C12H18N2O2. The first-order valence-electron chi connectivity index (χ1n) is 5.26. The molecule has 4 heteroatoms. The van der Waals surface area contributed by atoms with Gasteiger partial charge in [0, 0.05) is 18.4 Å². The van der Waals surface area contributed by atoms with E-state index in [1.807, 2.05) is 20.8 Å². The fraction of sp³-hybridized carbons (Fsp3) is 0.500. The molecule has 0 fully saturated rings. The average molecular weight is 222 g/mol. The lowest BCUT2D eigenvalue weighted by molar-refractivity contribution is -0.155. The van der Waals surface area contributed by atoms with Gasteiger partial charge in [-0.05, 0) is 38.5 Å². The van der Waals surface area contributed by atoms with Gasteiger partial charge in [-0.25, -0.2) is 0 Å². The molecule has 0 radical (unpaired) electrons. The molecule has 1 rings (SSSR count). The molecule has 0 spiro atoms. The number of nitrogens with zero attached hydrogens (tertiary/aromatic N) is 1. The van der Waals surface area contributed by atoms with E-state index in [4.69, 9.17) is 10.5 Å². The summed E-state index contributed by atoms with van der Waals surface area (Å²) in [6.07, 6.45) is 3.50. The molecule has 0 aliphatic carbocycles. The topological polar surface area (TPSA) is 65.2 Å². The molecule has 1 aromatic rings. The maximum absolute atomic E-state index is 11.5. The van der Waals surface area contributed by atoms with Crippen molar-refractivity contribution < 1.29 is 9.53 Å². The minimum absolute atomic E-state index is 0.182. The third-order valence-electron chi connectivity index (χ3n) is 1.94. The number of carbonyl (C=O) groups is 1. The van der Waals surface area contributed by atoms with Crippen LogP contribution in [0, 0.1) is 0 Å². The van der Waals surface area contributed by atoms with E-state index in [9.17, 15) is 4.79 Å². The Morgan fingerprint density at radius 1 is 1.44 bits per heavy atom. The van der Waals surface area contributed by atoms with E-state index < -0.39 is 5.60 Å². The molecule has 0 saturated carbocycles. The maximum Gasteiger partial charge on any atom is 0.308 e. The van der Waals surface area contributed by atoms with Crippen molar-refractivity contribution >= 4 is 5.97 Å². The first kappa shape index (κ1) is 12.6. The summed E-state index contributed by atoms with van der Waals surface area (Å²) >= 11 is 0. The van der Waals surface area contributed by atoms with Gasteiger partial charge in [0.2, 0.25) is 0 Å². The lowest BCUT2D eigenvalue weighted by Gasteiger charge is -2.20. The van der Waals surface area contributed by atoms with Gasteiger partial charge in [0.1, 0.15) is 5.60 Å². The highest BCUT2D eigenvalue weighted by Gasteiger charge is 2.19. The first-order chi connectivity index (χ1) is 7.38. The fourth-order valence-electron chi connectivity index (χ4n) is 1.29. The SMILES string of the molecule is CC(C)(C)OC(=O)C[C@H](N)c1ccncc1. The van der Waals surface area contributed by atoms with E-state index >= 15 is 0 Å². The van der Waals surface area contributed by atoms with Gasteiger partial charge in [0.25, 0.3) is 0 Å². The van der Waals surface area contributed by atoms with Crippen molar-refractivity contribution in [2.24, 2.45) is 5.73 Å². The van der Waals surface area contributed by atoms with Gasteiger partial charge in [-0.15, -0.1) is 0 Å². The van der Waals surface area contributed by atoms with Crippen molar-refractivity contribution in [3.05, 3.63) is 30.1 Å². The second-order valence-corrected chi connectivity index (χ2v) is 4.68. The normalized spacial score (nSPS) is 13.2. The van der Waals surface area contributed by atoms with E-state index in [-0.39, 0.29) is 18.4 Å². The van der Waals surface area contributed by atoms with Crippen LogP contribution in [-0.2, 0) is 9.53 Å². The number of hydrogen-bond acceptors (Lipinski definition) is 4. The highest BCUT2D eigenvalue weighted by molar-refractivity contribution is 5.70. The average Bonchev–Trinajstić information content (AvgIpc) is 2.16. The van der Waals surface area contributed by atoms with Crippen molar-refractivity contribution in [2.75, 3.05) is 0 Å². The Morgan fingerprint density at radius 2 is 2.00 bits per heavy atom. The zero-order valence-corrected chi connectivity index (χ0v) is 9.93. The zero-order chi connectivity index (χ0) is 12.2. The molecule has 88 valence electrons. The summed E-state index contributed by atoms with van der Waals surface area (Å²) in [6.45, 7) is 5.51. The monoisotopic (exact) mass is 222 g/mol. The summed E-state index contributed by atoms with van der Waals surface area (Å²) < 4.78 is 5.20. The van der Waals surface area contributed by atoms with Crippen molar-refractivity contribution in [1.29, 1.82) is 0 Å². The molecular weight excluding hydrogens is 204 g/mol. The van der Waals surface area contributed by atoms with Crippen LogP contribution >= 0.6 is 0 Å². The van der Waals surface area contributed by atoms with E-state index in [2.05, 4.69) is 4.98 Å². The van der Waals surface area contributed by atoms with Gasteiger partial charge >= 0.3 is 5.97 Å². The number of ether oxygens (including phenoxy) is 1. The van der Waals surface area contributed by atoms with Crippen LogP contribution < -0.4 is 5.73 Å². The zero-order valence-electron chi connectivity index (χ0n) is 9.93. The Bertz CT molecular complexity index is 344. The number of nitrogens with two attached hydrogens (primary N) is 1. The number of rotatable bonds is 3. The molecule has 0 amide bonds. The van der Waals surface area contributed by atoms with E-state index in [1.54, 1.807) is 24.5 Å². The predicted molar refractivity (Wildman–Crippen MR) is 61.6 cm³/mol. The van der Waals surface area contributed by atoms with Gasteiger partial charge in [-0.2, -0.15) is 0 Å².